The number of nitrogens with zero attached hydrogens (tertiary/aromatic N) is 3. The molecule has 152 valence electrons. The van der Waals surface area contributed by atoms with E-state index in [9.17, 15) is 8.78 Å². The first-order valence-corrected chi connectivity index (χ1v) is 10.3. The van der Waals surface area contributed by atoms with Gasteiger partial charge in [0.2, 0.25) is 0 Å². The SMILES string of the molecule is Cc1cnc(CC2CCCN(Cc3cccc(F)c3)C2)n1Cc1ccc(F)cc1. The number of likely N-dealkylation sites (tertiary alicyclic amines) is 1. The van der Waals surface area contributed by atoms with Gasteiger partial charge in [0.05, 0.1) is 0 Å². The minimum absolute atomic E-state index is 0.172. The van der Waals surface area contributed by atoms with Crippen molar-refractivity contribution in [3.8, 4) is 0 Å². The van der Waals surface area contributed by atoms with Gasteiger partial charge >= 0.3 is 0 Å². The van der Waals surface area contributed by atoms with E-state index in [2.05, 4.69) is 21.4 Å². The molecule has 4 rings (SSSR count). The molecule has 29 heavy (non-hydrogen) atoms. The smallest absolute Gasteiger partial charge is 0.123 e. The lowest BCUT2D eigenvalue weighted by atomic mass is 9.94. The number of benzene rings is 2. The molecular weight excluding hydrogens is 368 g/mol. The normalized spacial score (nSPS) is 17.6. The molecule has 2 aromatic carbocycles. The van der Waals surface area contributed by atoms with Crippen LogP contribution in [0.1, 0.15) is 35.5 Å². The van der Waals surface area contributed by atoms with Crippen molar-refractivity contribution in [1.82, 2.24) is 14.5 Å². The van der Waals surface area contributed by atoms with Crippen molar-refractivity contribution in [1.29, 1.82) is 0 Å². The Morgan fingerprint density at radius 1 is 1.00 bits per heavy atom. The summed E-state index contributed by atoms with van der Waals surface area (Å²) in [5, 5.41) is 0. The lowest BCUT2D eigenvalue weighted by Crippen LogP contribution is -2.36. The molecule has 0 saturated carbocycles. The van der Waals surface area contributed by atoms with Crippen molar-refractivity contribution in [3.63, 3.8) is 0 Å². The number of aryl methyl sites for hydroxylation is 1. The van der Waals surface area contributed by atoms with Crippen LogP contribution in [0.25, 0.3) is 0 Å². The number of aromatic nitrogens is 2. The Morgan fingerprint density at radius 3 is 2.62 bits per heavy atom. The highest BCUT2D eigenvalue weighted by molar-refractivity contribution is 5.19. The van der Waals surface area contributed by atoms with E-state index >= 15 is 0 Å². The average Bonchev–Trinajstić information content (AvgIpc) is 3.03. The van der Waals surface area contributed by atoms with Gasteiger partial charge in [-0.25, -0.2) is 13.8 Å². The number of halogens is 2. The maximum absolute atomic E-state index is 13.5. The molecule has 3 aromatic rings. The molecule has 1 unspecified atom stereocenters. The molecule has 0 N–H and O–H groups in total. The van der Waals surface area contributed by atoms with Gasteiger partial charge in [-0.15, -0.1) is 0 Å². The van der Waals surface area contributed by atoms with E-state index in [1.807, 2.05) is 24.4 Å². The number of hydrogen-bond donors (Lipinski definition) is 0. The largest absolute Gasteiger partial charge is 0.328 e. The predicted molar refractivity (Wildman–Crippen MR) is 111 cm³/mol. The minimum Gasteiger partial charge on any atom is -0.328 e. The van der Waals surface area contributed by atoms with Crippen LogP contribution in [0, 0.1) is 24.5 Å². The zero-order valence-electron chi connectivity index (χ0n) is 16.8. The average molecular weight is 395 g/mol. The highest BCUT2D eigenvalue weighted by Gasteiger charge is 2.22. The summed E-state index contributed by atoms with van der Waals surface area (Å²) in [6.07, 6.45) is 5.18. The van der Waals surface area contributed by atoms with Crippen molar-refractivity contribution < 1.29 is 8.78 Å². The van der Waals surface area contributed by atoms with E-state index in [1.54, 1.807) is 12.1 Å². The Hall–Kier alpha value is -2.53. The Labute approximate surface area is 171 Å². The summed E-state index contributed by atoms with van der Waals surface area (Å²) in [4.78, 5) is 7.08. The zero-order chi connectivity index (χ0) is 20.2. The first kappa shape index (κ1) is 19.8. The van der Waals surface area contributed by atoms with Gasteiger partial charge in [-0.05, 0) is 67.6 Å². The van der Waals surface area contributed by atoms with Crippen molar-refractivity contribution in [2.45, 2.75) is 39.3 Å². The Morgan fingerprint density at radius 2 is 1.83 bits per heavy atom. The summed E-state index contributed by atoms with van der Waals surface area (Å²) in [5.41, 5.74) is 3.22. The molecule has 1 fully saturated rings. The van der Waals surface area contributed by atoms with Crippen LogP contribution in [-0.4, -0.2) is 27.5 Å². The molecule has 1 atom stereocenters. The van der Waals surface area contributed by atoms with E-state index < -0.39 is 0 Å². The molecular formula is C24H27F2N3. The highest BCUT2D eigenvalue weighted by Crippen LogP contribution is 2.23. The first-order chi connectivity index (χ1) is 14.1. The fraction of sp³-hybridized carbons (Fsp3) is 0.375. The number of imidazole rings is 1. The van der Waals surface area contributed by atoms with E-state index in [1.165, 1.54) is 24.6 Å². The Bertz CT molecular complexity index is 949. The molecule has 1 aliphatic heterocycles. The van der Waals surface area contributed by atoms with Crippen LogP contribution in [0.3, 0.4) is 0 Å². The molecule has 0 bridgehead atoms. The Balaban J connectivity index is 1.41. The fourth-order valence-electron chi connectivity index (χ4n) is 4.28. The molecule has 0 spiro atoms. The van der Waals surface area contributed by atoms with Crippen molar-refractivity contribution in [2.75, 3.05) is 13.1 Å². The van der Waals surface area contributed by atoms with Crippen LogP contribution in [0.2, 0.25) is 0 Å². The second kappa shape index (κ2) is 8.87. The van der Waals surface area contributed by atoms with Crippen molar-refractivity contribution in [3.05, 3.63) is 89.0 Å². The summed E-state index contributed by atoms with van der Waals surface area (Å²) in [6, 6.07) is 13.6. The van der Waals surface area contributed by atoms with Crippen LogP contribution >= 0.6 is 0 Å². The standard InChI is InChI=1S/C24H27F2N3/c1-18-14-27-24(29(18)17-19-7-9-22(25)10-8-19)13-21-5-3-11-28(16-21)15-20-4-2-6-23(26)12-20/h2,4,6-10,12,14,21H,3,5,11,13,15-17H2,1H3. The quantitative estimate of drug-likeness (QED) is 0.587. The van der Waals surface area contributed by atoms with E-state index in [0.29, 0.717) is 12.5 Å². The van der Waals surface area contributed by atoms with Crippen LogP contribution in [-0.2, 0) is 19.5 Å². The maximum Gasteiger partial charge on any atom is 0.123 e. The molecule has 1 saturated heterocycles. The lowest BCUT2D eigenvalue weighted by Gasteiger charge is -2.32. The zero-order valence-corrected chi connectivity index (χ0v) is 16.8. The van der Waals surface area contributed by atoms with Gasteiger partial charge in [0.1, 0.15) is 17.5 Å². The fourth-order valence-corrected chi connectivity index (χ4v) is 4.28. The molecule has 1 aliphatic rings. The molecule has 0 radical (unpaired) electrons. The lowest BCUT2D eigenvalue weighted by molar-refractivity contribution is 0.165. The monoisotopic (exact) mass is 395 g/mol. The van der Waals surface area contributed by atoms with Crippen molar-refractivity contribution in [2.24, 2.45) is 5.92 Å². The highest BCUT2D eigenvalue weighted by atomic mass is 19.1. The second-order valence-corrected chi connectivity index (χ2v) is 8.11. The van der Waals surface area contributed by atoms with Crippen LogP contribution in [0.15, 0.2) is 54.7 Å². The van der Waals surface area contributed by atoms with Crippen LogP contribution < -0.4 is 0 Å². The number of piperidine rings is 1. The summed E-state index contributed by atoms with van der Waals surface area (Å²) >= 11 is 0. The number of hydrogen-bond acceptors (Lipinski definition) is 2. The molecule has 0 aliphatic carbocycles. The van der Waals surface area contributed by atoms with Gasteiger partial charge in [-0.2, -0.15) is 0 Å². The maximum atomic E-state index is 13.5. The first-order valence-electron chi connectivity index (χ1n) is 10.3. The van der Waals surface area contributed by atoms with E-state index in [-0.39, 0.29) is 11.6 Å². The van der Waals surface area contributed by atoms with Gasteiger partial charge in [0.25, 0.3) is 0 Å². The third kappa shape index (κ3) is 5.10. The minimum atomic E-state index is -0.211. The molecule has 5 heteroatoms. The van der Waals surface area contributed by atoms with E-state index in [4.69, 9.17) is 0 Å². The Kier molecular flexibility index (Phi) is 6.05. The van der Waals surface area contributed by atoms with Gasteiger partial charge < -0.3 is 4.57 Å². The molecule has 1 aromatic heterocycles. The number of rotatable bonds is 6. The predicted octanol–water partition coefficient (Wildman–Crippen LogP) is 4.97. The third-order valence-electron chi connectivity index (χ3n) is 5.76. The molecule has 0 amide bonds. The van der Waals surface area contributed by atoms with Crippen molar-refractivity contribution >= 4 is 0 Å². The summed E-state index contributed by atoms with van der Waals surface area (Å²) in [5.74, 6) is 1.24. The third-order valence-corrected chi connectivity index (χ3v) is 5.76. The van der Waals surface area contributed by atoms with Crippen LogP contribution in [0.5, 0.6) is 0 Å². The van der Waals surface area contributed by atoms with Gasteiger partial charge in [-0.3, -0.25) is 4.90 Å². The van der Waals surface area contributed by atoms with E-state index in [0.717, 1.165) is 55.1 Å². The topological polar surface area (TPSA) is 21.1 Å². The summed E-state index contributed by atoms with van der Waals surface area (Å²) in [7, 11) is 0. The van der Waals surface area contributed by atoms with Gasteiger partial charge in [0.15, 0.2) is 0 Å². The van der Waals surface area contributed by atoms with Crippen LogP contribution in [0.4, 0.5) is 8.78 Å². The van der Waals surface area contributed by atoms with Gasteiger partial charge in [-0.1, -0.05) is 24.3 Å². The molecule has 2 heterocycles. The van der Waals surface area contributed by atoms with Gasteiger partial charge in [0, 0.05) is 37.9 Å². The summed E-state index contributed by atoms with van der Waals surface area (Å²) in [6.45, 7) is 5.62. The molecule has 3 nitrogen and oxygen atoms in total. The summed E-state index contributed by atoms with van der Waals surface area (Å²) < 4.78 is 28.9. The second-order valence-electron chi connectivity index (χ2n) is 8.11.